The fourth-order valence-corrected chi connectivity index (χ4v) is 3.40. The topological polar surface area (TPSA) is 38.9 Å². The largest absolute Gasteiger partial charge is 0.375 e. The summed E-state index contributed by atoms with van der Waals surface area (Å²) in [6.07, 6.45) is 11.0. The van der Waals surface area contributed by atoms with Crippen molar-refractivity contribution < 1.29 is 0 Å². The van der Waals surface area contributed by atoms with Gasteiger partial charge in [0.05, 0.1) is 5.69 Å². The maximum Gasteiger partial charge on any atom is 0.180 e. The zero-order chi connectivity index (χ0) is 13.8. The van der Waals surface area contributed by atoms with Gasteiger partial charge in [-0.15, -0.1) is 11.3 Å². The third-order valence-electron chi connectivity index (χ3n) is 4.00. The van der Waals surface area contributed by atoms with Gasteiger partial charge in [-0.25, -0.2) is 4.98 Å². The molecular formula is C17H20N2S. The van der Waals surface area contributed by atoms with Gasteiger partial charge in [0, 0.05) is 5.38 Å². The minimum Gasteiger partial charge on any atom is -0.375 e. The van der Waals surface area contributed by atoms with E-state index in [-0.39, 0.29) is 0 Å². The van der Waals surface area contributed by atoms with E-state index in [1.165, 1.54) is 54.6 Å². The minimum absolute atomic E-state index is 0.622. The van der Waals surface area contributed by atoms with Gasteiger partial charge in [-0.1, -0.05) is 49.6 Å². The Balaban J connectivity index is 1.68. The van der Waals surface area contributed by atoms with Gasteiger partial charge < -0.3 is 5.73 Å². The van der Waals surface area contributed by atoms with Gasteiger partial charge in [0.15, 0.2) is 5.13 Å². The molecule has 0 aliphatic heterocycles. The SMILES string of the molecule is Nc1nc(C=Cc2ccc(C3CCCCC3)cc2)cs1. The van der Waals surface area contributed by atoms with E-state index in [2.05, 4.69) is 35.3 Å². The number of benzene rings is 1. The summed E-state index contributed by atoms with van der Waals surface area (Å²) in [6, 6.07) is 8.97. The van der Waals surface area contributed by atoms with Crippen molar-refractivity contribution in [1.82, 2.24) is 4.98 Å². The highest BCUT2D eigenvalue weighted by Crippen LogP contribution is 2.32. The third-order valence-corrected chi connectivity index (χ3v) is 4.69. The molecule has 1 aromatic carbocycles. The molecule has 0 bridgehead atoms. The van der Waals surface area contributed by atoms with Gasteiger partial charge in [0.25, 0.3) is 0 Å². The molecule has 1 aromatic heterocycles. The molecule has 1 fully saturated rings. The van der Waals surface area contributed by atoms with Crippen molar-refractivity contribution in [3.63, 3.8) is 0 Å². The molecule has 1 aliphatic carbocycles. The van der Waals surface area contributed by atoms with Gasteiger partial charge in [0.1, 0.15) is 0 Å². The van der Waals surface area contributed by atoms with Crippen LogP contribution in [0.1, 0.15) is 54.8 Å². The predicted octanol–water partition coefficient (Wildman–Crippen LogP) is 4.94. The van der Waals surface area contributed by atoms with Crippen molar-refractivity contribution in [3.8, 4) is 0 Å². The fraction of sp³-hybridized carbons (Fsp3) is 0.353. The number of nitrogens with two attached hydrogens (primary N) is 1. The first kappa shape index (κ1) is 13.4. The van der Waals surface area contributed by atoms with E-state index in [1.54, 1.807) is 0 Å². The summed E-state index contributed by atoms with van der Waals surface area (Å²) < 4.78 is 0. The number of hydrogen-bond acceptors (Lipinski definition) is 3. The van der Waals surface area contributed by atoms with E-state index in [1.807, 2.05) is 11.5 Å². The van der Waals surface area contributed by atoms with E-state index in [0.717, 1.165) is 11.6 Å². The molecule has 0 radical (unpaired) electrons. The Morgan fingerprint density at radius 3 is 2.45 bits per heavy atom. The van der Waals surface area contributed by atoms with Crippen LogP contribution in [0.25, 0.3) is 12.2 Å². The Kier molecular flexibility index (Phi) is 4.16. The molecule has 1 saturated carbocycles. The van der Waals surface area contributed by atoms with E-state index < -0.39 is 0 Å². The summed E-state index contributed by atoms with van der Waals surface area (Å²) in [5.41, 5.74) is 9.28. The highest BCUT2D eigenvalue weighted by molar-refractivity contribution is 7.13. The van der Waals surface area contributed by atoms with E-state index in [4.69, 9.17) is 5.73 Å². The lowest BCUT2D eigenvalue weighted by Crippen LogP contribution is -2.04. The Bertz CT molecular complexity index is 577. The van der Waals surface area contributed by atoms with E-state index in [0.29, 0.717) is 5.13 Å². The van der Waals surface area contributed by atoms with Crippen molar-refractivity contribution >= 4 is 28.6 Å². The summed E-state index contributed by atoms with van der Waals surface area (Å²) >= 11 is 1.48. The Labute approximate surface area is 124 Å². The van der Waals surface area contributed by atoms with E-state index in [9.17, 15) is 0 Å². The van der Waals surface area contributed by atoms with Crippen LogP contribution < -0.4 is 5.73 Å². The second kappa shape index (κ2) is 6.23. The lowest BCUT2D eigenvalue weighted by Gasteiger charge is -2.21. The van der Waals surface area contributed by atoms with Gasteiger partial charge in [-0.3, -0.25) is 0 Å². The molecule has 0 atom stereocenters. The molecule has 104 valence electrons. The second-order valence-corrected chi connectivity index (χ2v) is 6.34. The number of nitrogen functional groups attached to an aromatic ring is 1. The molecule has 1 aliphatic rings. The first-order valence-corrected chi connectivity index (χ1v) is 8.18. The average Bonchev–Trinajstić information content (AvgIpc) is 2.92. The number of hydrogen-bond donors (Lipinski definition) is 1. The highest BCUT2D eigenvalue weighted by Gasteiger charge is 2.14. The highest BCUT2D eigenvalue weighted by atomic mass is 32.1. The molecule has 0 spiro atoms. The van der Waals surface area contributed by atoms with Crippen LogP contribution in [0.15, 0.2) is 29.6 Å². The Hall–Kier alpha value is -1.61. The van der Waals surface area contributed by atoms with Crippen molar-refractivity contribution in [1.29, 1.82) is 0 Å². The maximum atomic E-state index is 5.62. The molecule has 3 rings (SSSR count). The van der Waals surface area contributed by atoms with Crippen LogP contribution in [0.3, 0.4) is 0 Å². The van der Waals surface area contributed by atoms with Crippen molar-refractivity contribution in [2.24, 2.45) is 0 Å². The van der Waals surface area contributed by atoms with Crippen LogP contribution in [0.4, 0.5) is 5.13 Å². The van der Waals surface area contributed by atoms with E-state index >= 15 is 0 Å². The molecular weight excluding hydrogens is 264 g/mol. The fourth-order valence-electron chi connectivity index (χ4n) is 2.87. The van der Waals surface area contributed by atoms with Gasteiger partial charge in [-0.05, 0) is 36.0 Å². The van der Waals surface area contributed by atoms with Crippen LogP contribution in [-0.4, -0.2) is 4.98 Å². The maximum absolute atomic E-state index is 5.62. The van der Waals surface area contributed by atoms with Gasteiger partial charge in [-0.2, -0.15) is 0 Å². The van der Waals surface area contributed by atoms with Crippen LogP contribution >= 0.6 is 11.3 Å². The molecule has 1 heterocycles. The summed E-state index contributed by atoms with van der Waals surface area (Å²) in [5, 5.41) is 2.60. The first-order valence-electron chi connectivity index (χ1n) is 7.30. The predicted molar refractivity (Wildman–Crippen MR) is 87.7 cm³/mol. The van der Waals surface area contributed by atoms with Crippen molar-refractivity contribution in [2.75, 3.05) is 5.73 Å². The number of anilines is 1. The standard InChI is InChI=1S/C17H20N2S/c18-17-19-16(12-20-17)11-8-13-6-9-15(10-7-13)14-4-2-1-3-5-14/h6-12,14H,1-5H2,(H2,18,19). The molecule has 2 aromatic rings. The lowest BCUT2D eigenvalue weighted by atomic mass is 9.84. The molecule has 3 heteroatoms. The summed E-state index contributed by atoms with van der Waals surface area (Å²) in [4.78, 5) is 4.23. The van der Waals surface area contributed by atoms with Crippen molar-refractivity contribution in [2.45, 2.75) is 38.0 Å². The Morgan fingerprint density at radius 1 is 1.05 bits per heavy atom. The number of aromatic nitrogens is 1. The normalized spacial score (nSPS) is 16.8. The lowest BCUT2D eigenvalue weighted by molar-refractivity contribution is 0.443. The summed E-state index contributed by atoms with van der Waals surface area (Å²) in [5.74, 6) is 0.778. The summed E-state index contributed by atoms with van der Waals surface area (Å²) in [6.45, 7) is 0. The smallest absolute Gasteiger partial charge is 0.180 e. The quantitative estimate of drug-likeness (QED) is 0.866. The number of nitrogens with zero attached hydrogens (tertiary/aromatic N) is 1. The van der Waals surface area contributed by atoms with Crippen LogP contribution in [0.2, 0.25) is 0 Å². The van der Waals surface area contributed by atoms with Gasteiger partial charge >= 0.3 is 0 Å². The van der Waals surface area contributed by atoms with Crippen LogP contribution in [0.5, 0.6) is 0 Å². The number of rotatable bonds is 3. The molecule has 0 amide bonds. The number of thiazole rings is 1. The average molecular weight is 284 g/mol. The monoisotopic (exact) mass is 284 g/mol. The van der Waals surface area contributed by atoms with Crippen LogP contribution in [0, 0.1) is 0 Å². The second-order valence-electron chi connectivity index (χ2n) is 5.45. The first-order chi connectivity index (χ1) is 9.81. The van der Waals surface area contributed by atoms with Crippen molar-refractivity contribution in [3.05, 3.63) is 46.5 Å². The Morgan fingerprint density at radius 2 is 1.80 bits per heavy atom. The molecule has 0 unspecified atom stereocenters. The van der Waals surface area contributed by atoms with Gasteiger partial charge in [0.2, 0.25) is 0 Å². The molecule has 20 heavy (non-hydrogen) atoms. The zero-order valence-corrected chi connectivity index (χ0v) is 12.4. The third kappa shape index (κ3) is 3.28. The summed E-state index contributed by atoms with van der Waals surface area (Å²) in [7, 11) is 0. The molecule has 2 N–H and O–H groups in total. The van der Waals surface area contributed by atoms with Crippen LogP contribution in [-0.2, 0) is 0 Å². The zero-order valence-electron chi connectivity index (χ0n) is 11.6. The molecule has 0 saturated heterocycles. The minimum atomic E-state index is 0.622. The molecule has 2 nitrogen and oxygen atoms in total.